The fourth-order valence-electron chi connectivity index (χ4n) is 2.49. The first kappa shape index (κ1) is 19.2. The summed E-state index contributed by atoms with van der Waals surface area (Å²) in [4.78, 5) is 34.7. The molecule has 9 heteroatoms. The molecule has 0 aliphatic rings. The van der Waals surface area contributed by atoms with Gasteiger partial charge in [-0.15, -0.1) is 0 Å². The number of methoxy groups -OCH3 is 2. The maximum absolute atomic E-state index is 12.2. The molecule has 1 unspecified atom stereocenters. The van der Waals surface area contributed by atoms with Gasteiger partial charge in [0.1, 0.15) is 11.7 Å². The molecule has 0 radical (unpaired) electrons. The Morgan fingerprint density at radius 3 is 2.23 bits per heavy atom. The number of carbonyl (C=O) groups excluding carboxylic acids is 1. The van der Waals surface area contributed by atoms with Crippen LogP contribution in [0.3, 0.4) is 0 Å². The van der Waals surface area contributed by atoms with Gasteiger partial charge in [0.25, 0.3) is 0 Å². The van der Waals surface area contributed by atoms with Crippen molar-refractivity contribution in [3.63, 3.8) is 0 Å². The molecule has 0 saturated heterocycles. The van der Waals surface area contributed by atoms with E-state index in [0.717, 1.165) is 0 Å². The highest BCUT2D eigenvalue weighted by molar-refractivity contribution is 5.87. The number of rotatable bonds is 6. The number of nitrogens with zero attached hydrogens (tertiary/aromatic N) is 1. The Kier molecular flexibility index (Phi) is 5.49. The summed E-state index contributed by atoms with van der Waals surface area (Å²) in [6.07, 6.45) is -1.05. The molecule has 2 rings (SSSR count). The predicted octanol–water partition coefficient (Wildman–Crippen LogP) is 2.98. The summed E-state index contributed by atoms with van der Waals surface area (Å²) in [5.41, 5.74) is -1.93. The Hall–Kier alpha value is -3.10. The second kappa shape index (κ2) is 7.42. The average molecular weight is 365 g/mol. The van der Waals surface area contributed by atoms with Crippen LogP contribution in [-0.4, -0.2) is 25.1 Å². The summed E-state index contributed by atoms with van der Waals surface area (Å²) in [5.74, 6) is -0.409. The minimum Gasteiger partial charge on any atom is -0.493 e. The molecule has 0 amide bonds. The number of fused-ring (bicyclic) bond motifs is 1. The van der Waals surface area contributed by atoms with Crippen LogP contribution in [-0.2, 0) is 9.53 Å². The third-order valence-corrected chi connectivity index (χ3v) is 3.78. The van der Waals surface area contributed by atoms with Gasteiger partial charge >= 0.3 is 17.3 Å². The Morgan fingerprint density at radius 1 is 1.15 bits per heavy atom. The predicted molar refractivity (Wildman–Crippen MR) is 91.6 cm³/mol. The van der Waals surface area contributed by atoms with E-state index >= 15 is 0 Å². The zero-order chi connectivity index (χ0) is 19.6. The van der Waals surface area contributed by atoms with Crippen molar-refractivity contribution in [1.29, 1.82) is 0 Å². The van der Waals surface area contributed by atoms with Crippen molar-refractivity contribution in [2.45, 2.75) is 26.9 Å². The molecule has 0 saturated carbocycles. The Balaban J connectivity index is 2.81. The highest BCUT2D eigenvalue weighted by Crippen LogP contribution is 2.38. The van der Waals surface area contributed by atoms with Crippen molar-refractivity contribution in [2.75, 3.05) is 14.2 Å². The van der Waals surface area contributed by atoms with E-state index in [2.05, 4.69) is 0 Å². The lowest BCUT2D eigenvalue weighted by Crippen LogP contribution is -2.18. The molecular formula is C17H19NO8. The van der Waals surface area contributed by atoms with Crippen LogP contribution in [0, 0.1) is 16.0 Å². The highest BCUT2D eigenvalue weighted by atomic mass is 16.6. The van der Waals surface area contributed by atoms with E-state index in [9.17, 15) is 19.7 Å². The summed E-state index contributed by atoms with van der Waals surface area (Å²) < 4.78 is 20.7. The van der Waals surface area contributed by atoms with E-state index in [-0.39, 0.29) is 28.0 Å². The average Bonchev–Trinajstić information content (AvgIpc) is 2.58. The molecule has 0 aliphatic carbocycles. The number of ether oxygens (including phenoxy) is 3. The van der Waals surface area contributed by atoms with Gasteiger partial charge in [-0.3, -0.25) is 14.9 Å². The van der Waals surface area contributed by atoms with Gasteiger partial charge in [0.05, 0.1) is 30.6 Å². The molecule has 1 heterocycles. The second-order valence-electron chi connectivity index (χ2n) is 5.85. The van der Waals surface area contributed by atoms with Gasteiger partial charge in [-0.1, -0.05) is 13.8 Å². The second-order valence-corrected chi connectivity index (χ2v) is 5.85. The van der Waals surface area contributed by atoms with Gasteiger partial charge in [0, 0.05) is 11.5 Å². The largest absolute Gasteiger partial charge is 0.493 e. The SMILES string of the molecule is COc1cc2oc(=O)c([N+](=O)[O-])c(C(C)OC(=O)C(C)C)c2cc1OC. The third kappa shape index (κ3) is 3.46. The molecule has 1 atom stereocenters. The van der Waals surface area contributed by atoms with Crippen molar-refractivity contribution in [1.82, 2.24) is 0 Å². The first-order valence-corrected chi connectivity index (χ1v) is 7.78. The Morgan fingerprint density at radius 2 is 1.73 bits per heavy atom. The molecule has 0 fully saturated rings. The lowest BCUT2D eigenvalue weighted by Gasteiger charge is -2.17. The zero-order valence-corrected chi connectivity index (χ0v) is 15.0. The van der Waals surface area contributed by atoms with Crippen molar-refractivity contribution >= 4 is 22.6 Å². The Bertz CT molecular complexity index is 915. The topological polar surface area (TPSA) is 118 Å². The number of carbonyl (C=O) groups is 1. The molecule has 26 heavy (non-hydrogen) atoms. The lowest BCUT2D eigenvalue weighted by molar-refractivity contribution is -0.388. The van der Waals surface area contributed by atoms with Gasteiger partial charge in [0.2, 0.25) is 0 Å². The smallest absolute Gasteiger partial charge is 0.415 e. The molecule has 1 aromatic heterocycles. The van der Waals surface area contributed by atoms with Gasteiger partial charge in [-0.25, -0.2) is 4.79 Å². The van der Waals surface area contributed by atoms with E-state index in [1.165, 1.54) is 33.3 Å². The van der Waals surface area contributed by atoms with Crippen molar-refractivity contribution in [2.24, 2.45) is 5.92 Å². The molecule has 2 aromatic rings. The number of benzene rings is 1. The minimum atomic E-state index is -1.14. The van der Waals surface area contributed by atoms with Gasteiger partial charge < -0.3 is 18.6 Å². The minimum absolute atomic E-state index is 0.0562. The van der Waals surface area contributed by atoms with Crippen LogP contribution in [0.2, 0.25) is 0 Å². The maximum atomic E-state index is 12.2. The number of nitro groups is 1. The van der Waals surface area contributed by atoms with E-state index in [1.54, 1.807) is 13.8 Å². The lowest BCUT2D eigenvalue weighted by atomic mass is 10.0. The van der Waals surface area contributed by atoms with Crippen molar-refractivity contribution in [3.05, 3.63) is 38.2 Å². The molecule has 0 spiro atoms. The normalized spacial score (nSPS) is 12.1. The van der Waals surface area contributed by atoms with Crippen molar-refractivity contribution in [3.8, 4) is 11.5 Å². The van der Waals surface area contributed by atoms with E-state index in [0.29, 0.717) is 0 Å². The fraction of sp³-hybridized carbons (Fsp3) is 0.412. The molecule has 0 N–H and O–H groups in total. The zero-order valence-electron chi connectivity index (χ0n) is 15.0. The molecule has 0 bridgehead atoms. The quantitative estimate of drug-likeness (QED) is 0.332. The van der Waals surface area contributed by atoms with Gasteiger partial charge in [-0.2, -0.15) is 0 Å². The van der Waals surface area contributed by atoms with Crippen LogP contribution >= 0.6 is 0 Å². The Labute approximate surface area is 148 Å². The fourth-order valence-corrected chi connectivity index (χ4v) is 2.49. The van der Waals surface area contributed by atoms with Crippen LogP contribution in [0.1, 0.15) is 32.4 Å². The number of hydrogen-bond acceptors (Lipinski definition) is 8. The first-order chi connectivity index (χ1) is 12.2. The summed E-state index contributed by atoms with van der Waals surface area (Å²) in [6, 6.07) is 2.83. The van der Waals surface area contributed by atoms with E-state index in [1.807, 2.05) is 0 Å². The summed E-state index contributed by atoms with van der Waals surface area (Å²) >= 11 is 0. The summed E-state index contributed by atoms with van der Waals surface area (Å²) in [5, 5.41) is 11.7. The van der Waals surface area contributed by atoms with Crippen LogP contribution in [0.4, 0.5) is 5.69 Å². The van der Waals surface area contributed by atoms with Crippen LogP contribution in [0.5, 0.6) is 11.5 Å². The number of hydrogen-bond donors (Lipinski definition) is 0. The monoisotopic (exact) mass is 365 g/mol. The summed E-state index contributed by atoms with van der Waals surface area (Å²) in [6.45, 7) is 4.72. The van der Waals surface area contributed by atoms with Gasteiger partial charge in [0.15, 0.2) is 11.5 Å². The first-order valence-electron chi connectivity index (χ1n) is 7.78. The standard InChI is InChI=1S/C17H19NO8/c1-8(2)16(19)25-9(3)14-10-6-12(23-4)13(24-5)7-11(10)26-17(20)15(14)18(21)22/h6-9H,1-5H3. The highest BCUT2D eigenvalue weighted by Gasteiger charge is 2.31. The molecule has 0 aliphatic heterocycles. The van der Waals surface area contributed by atoms with Gasteiger partial charge in [-0.05, 0) is 13.0 Å². The molecule has 1 aromatic carbocycles. The van der Waals surface area contributed by atoms with Crippen LogP contribution in [0.25, 0.3) is 11.0 Å². The van der Waals surface area contributed by atoms with E-state index < -0.39 is 34.2 Å². The van der Waals surface area contributed by atoms with Crippen LogP contribution in [0.15, 0.2) is 21.3 Å². The molecule has 140 valence electrons. The van der Waals surface area contributed by atoms with Crippen molar-refractivity contribution < 1.29 is 28.3 Å². The van der Waals surface area contributed by atoms with Crippen LogP contribution < -0.4 is 15.1 Å². The number of esters is 1. The maximum Gasteiger partial charge on any atom is 0.415 e. The summed E-state index contributed by atoms with van der Waals surface area (Å²) in [7, 11) is 2.81. The molecular weight excluding hydrogens is 346 g/mol. The third-order valence-electron chi connectivity index (χ3n) is 3.78. The molecule has 9 nitrogen and oxygen atoms in total. The van der Waals surface area contributed by atoms with E-state index in [4.69, 9.17) is 18.6 Å².